The third-order valence-electron chi connectivity index (χ3n) is 4.11. The molecule has 1 atom stereocenters. The number of amides is 2. The molecule has 1 aliphatic rings. The number of rotatable bonds is 4. The summed E-state index contributed by atoms with van der Waals surface area (Å²) in [4.78, 5) is 38.9. The highest BCUT2D eigenvalue weighted by Crippen LogP contribution is 2.30. The molecule has 9 heteroatoms. The standard InChI is InChI=1S/C17H17BrClN3O4/c18-9-4-5-11-10(7-9)14(19)15(22-11)17(25)26-8-13(23)21-12-3-1-2-6-20-16(12)24/h4-5,7,12,22H,1-3,6,8H2,(H,20,24)(H,21,23). The number of hydrogen-bond acceptors (Lipinski definition) is 4. The summed E-state index contributed by atoms with van der Waals surface area (Å²) in [7, 11) is 0. The minimum Gasteiger partial charge on any atom is -0.451 e. The molecule has 1 fully saturated rings. The van der Waals surface area contributed by atoms with Crippen molar-refractivity contribution >= 4 is 56.2 Å². The Labute approximate surface area is 162 Å². The molecule has 1 saturated heterocycles. The van der Waals surface area contributed by atoms with Crippen LogP contribution in [0.15, 0.2) is 22.7 Å². The Balaban J connectivity index is 1.61. The van der Waals surface area contributed by atoms with Crippen molar-refractivity contribution in [3.05, 3.63) is 33.4 Å². The minimum absolute atomic E-state index is 0.0831. The number of hydrogen-bond donors (Lipinski definition) is 3. The highest BCUT2D eigenvalue weighted by molar-refractivity contribution is 9.10. The summed E-state index contributed by atoms with van der Waals surface area (Å²) in [6, 6.07) is 4.77. The van der Waals surface area contributed by atoms with E-state index in [0.29, 0.717) is 23.9 Å². The van der Waals surface area contributed by atoms with Gasteiger partial charge in [0.15, 0.2) is 6.61 Å². The topological polar surface area (TPSA) is 100 Å². The van der Waals surface area contributed by atoms with Crippen molar-refractivity contribution in [1.82, 2.24) is 15.6 Å². The molecule has 138 valence electrons. The van der Waals surface area contributed by atoms with Gasteiger partial charge in [-0.1, -0.05) is 27.5 Å². The number of fused-ring (bicyclic) bond motifs is 1. The Morgan fingerprint density at radius 3 is 2.96 bits per heavy atom. The fourth-order valence-corrected chi connectivity index (χ4v) is 3.43. The van der Waals surface area contributed by atoms with Gasteiger partial charge in [0.05, 0.1) is 5.02 Å². The van der Waals surface area contributed by atoms with Crippen LogP contribution < -0.4 is 10.6 Å². The number of carbonyl (C=O) groups is 3. The summed E-state index contributed by atoms with van der Waals surface area (Å²) in [5.41, 5.74) is 0.768. The van der Waals surface area contributed by atoms with E-state index in [4.69, 9.17) is 16.3 Å². The van der Waals surface area contributed by atoms with E-state index in [0.717, 1.165) is 17.3 Å². The van der Waals surface area contributed by atoms with E-state index in [2.05, 4.69) is 31.5 Å². The molecule has 3 N–H and O–H groups in total. The zero-order valence-electron chi connectivity index (χ0n) is 13.7. The first kappa shape index (κ1) is 18.7. The highest BCUT2D eigenvalue weighted by Gasteiger charge is 2.24. The zero-order valence-corrected chi connectivity index (χ0v) is 16.1. The van der Waals surface area contributed by atoms with Crippen LogP contribution in [0.2, 0.25) is 5.02 Å². The molecule has 1 aliphatic heterocycles. The van der Waals surface area contributed by atoms with E-state index in [-0.39, 0.29) is 16.6 Å². The maximum absolute atomic E-state index is 12.2. The Hall–Kier alpha value is -2.06. The number of H-pyrrole nitrogens is 1. The van der Waals surface area contributed by atoms with E-state index in [1.54, 1.807) is 12.1 Å². The van der Waals surface area contributed by atoms with Crippen molar-refractivity contribution < 1.29 is 19.1 Å². The van der Waals surface area contributed by atoms with Crippen molar-refractivity contribution in [3.8, 4) is 0 Å². The predicted molar refractivity (Wildman–Crippen MR) is 100 cm³/mol. The van der Waals surface area contributed by atoms with E-state index in [1.165, 1.54) is 0 Å². The van der Waals surface area contributed by atoms with Gasteiger partial charge in [-0.05, 0) is 37.5 Å². The summed E-state index contributed by atoms with van der Waals surface area (Å²) in [6.07, 6.45) is 2.28. The van der Waals surface area contributed by atoms with Gasteiger partial charge in [0, 0.05) is 21.9 Å². The molecule has 0 bridgehead atoms. The van der Waals surface area contributed by atoms with Crippen molar-refractivity contribution in [2.45, 2.75) is 25.3 Å². The lowest BCUT2D eigenvalue weighted by Gasteiger charge is -2.15. The molecule has 26 heavy (non-hydrogen) atoms. The van der Waals surface area contributed by atoms with Crippen LogP contribution in [0.25, 0.3) is 10.9 Å². The molecule has 2 amide bonds. The Morgan fingerprint density at radius 2 is 2.15 bits per heavy atom. The van der Waals surface area contributed by atoms with E-state index in [1.807, 2.05) is 6.07 Å². The van der Waals surface area contributed by atoms with Gasteiger partial charge in [0.2, 0.25) is 5.91 Å². The van der Waals surface area contributed by atoms with Gasteiger partial charge in [0.1, 0.15) is 11.7 Å². The maximum Gasteiger partial charge on any atom is 0.356 e. The average molecular weight is 443 g/mol. The molecule has 1 aromatic carbocycles. The molecule has 1 aromatic heterocycles. The molecular weight excluding hydrogens is 426 g/mol. The Bertz CT molecular complexity index is 867. The predicted octanol–water partition coefficient (Wildman–Crippen LogP) is 2.53. The van der Waals surface area contributed by atoms with Gasteiger partial charge >= 0.3 is 5.97 Å². The van der Waals surface area contributed by atoms with Gasteiger partial charge in [-0.3, -0.25) is 9.59 Å². The first-order valence-electron chi connectivity index (χ1n) is 8.16. The molecular formula is C17H17BrClN3O4. The smallest absolute Gasteiger partial charge is 0.356 e. The molecule has 0 aliphatic carbocycles. The number of aromatic nitrogens is 1. The van der Waals surface area contributed by atoms with Crippen LogP contribution in [0.3, 0.4) is 0 Å². The summed E-state index contributed by atoms with van der Waals surface area (Å²) in [6.45, 7) is 0.118. The minimum atomic E-state index is -0.734. The fourth-order valence-electron chi connectivity index (χ4n) is 2.79. The van der Waals surface area contributed by atoms with Crippen LogP contribution in [0.5, 0.6) is 0 Å². The first-order chi connectivity index (χ1) is 12.5. The lowest BCUT2D eigenvalue weighted by atomic mass is 10.1. The van der Waals surface area contributed by atoms with E-state index in [9.17, 15) is 14.4 Å². The summed E-state index contributed by atoms with van der Waals surface area (Å²) < 4.78 is 5.85. The normalized spacial score (nSPS) is 17.5. The van der Waals surface area contributed by atoms with E-state index < -0.39 is 24.5 Å². The third kappa shape index (κ3) is 4.19. The number of carbonyl (C=O) groups excluding carboxylic acids is 3. The van der Waals surface area contributed by atoms with Crippen LogP contribution in [-0.2, 0) is 14.3 Å². The fraction of sp³-hybridized carbons (Fsp3) is 0.353. The molecule has 0 radical (unpaired) electrons. The molecule has 2 aromatic rings. The van der Waals surface area contributed by atoms with Crippen molar-refractivity contribution in [2.75, 3.05) is 13.2 Å². The number of aromatic amines is 1. The van der Waals surface area contributed by atoms with E-state index >= 15 is 0 Å². The average Bonchev–Trinajstić information content (AvgIpc) is 2.80. The molecule has 0 spiro atoms. The molecule has 1 unspecified atom stereocenters. The largest absolute Gasteiger partial charge is 0.451 e. The molecule has 3 rings (SSSR count). The van der Waals surface area contributed by atoms with Crippen LogP contribution in [-0.4, -0.2) is 42.0 Å². The SMILES string of the molecule is O=C(COC(=O)c1[nH]c2ccc(Br)cc2c1Cl)NC1CCCCNC1=O. The summed E-state index contributed by atoms with van der Waals surface area (Å²) in [5, 5.41) is 6.22. The van der Waals surface area contributed by atoms with Gasteiger partial charge in [-0.15, -0.1) is 0 Å². The number of nitrogens with one attached hydrogen (secondary N) is 3. The van der Waals surface area contributed by atoms with Crippen molar-refractivity contribution in [2.24, 2.45) is 0 Å². The molecule has 2 heterocycles. The second-order valence-corrected chi connectivity index (χ2v) is 7.28. The number of halogens is 2. The second-order valence-electron chi connectivity index (χ2n) is 5.99. The number of benzene rings is 1. The summed E-state index contributed by atoms with van der Waals surface area (Å²) >= 11 is 9.57. The molecule has 7 nitrogen and oxygen atoms in total. The van der Waals surface area contributed by atoms with Crippen LogP contribution >= 0.6 is 27.5 Å². The van der Waals surface area contributed by atoms with Crippen LogP contribution in [0.1, 0.15) is 29.8 Å². The monoisotopic (exact) mass is 441 g/mol. The van der Waals surface area contributed by atoms with Gasteiger partial charge in [0.25, 0.3) is 5.91 Å². The quantitative estimate of drug-likeness (QED) is 0.634. The number of ether oxygens (including phenoxy) is 1. The number of esters is 1. The van der Waals surface area contributed by atoms with Crippen LogP contribution in [0, 0.1) is 0 Å². The van der Waals surface area contributed by atoms with Gasteiger partial charge < -0.3 is 20.4 Å². The van der Waals surface area contributed by atoms with Gasteiger partial charge in [-0.25, -0.2) is 4.79 Å². The van der Waals surface area contributed by atoms with Crippen molar-refractivity contribution in [1.29, 1.82) is 0 Å². The second kappa shape index (κ2) is 8.09. The Kier molecular flexibility index (Phi) is 5.83. The third-order valence-corrected chi connectivity index (χ3v) is 4.99. The zero-order chi connectivity index (χ0) is 18.7. The highest BCUT2D eigenvalue weighted by atomic mass is 79.9. The maximum atomic E-state index is 12.2. The van der Waals surface area contributed by atoms with Gasteiger partial charge in [-0.2, -0.15) is 0 Å². The lowest BCUT2D eigenvalue weighted by molar-refractivity contribution is -0.130. The lowest BCUT2D eigenvalue weighted by Crippen LogP contribution is -2.46. The first-order valence-corrected chi connectivity index (χ1v) is 9.33. The molecule has 0 saturated carbocycles. The Morgan fingerprint density at radius 1 is 1.35 bits per heavy atom. The van der Waals surface area contributed by atoms with Crippen LogP contribution in [0.4, 0.5) is 0 Å². The summed E-state index contributed by atoms with van der Waals surface area (Å²) in [5.74, 6) is -1.48. The van der Waals surface area contributed by atoms with Crippen molar-refractivity contribution in [3.63, 3.8) is 0 Å².